The van der Waals surface area contributed by atoms with Crippen LogP contribution in [0.25, 0.3) is 0 Å². The van der Waals surface area contributed by atoms with Crippen LogP contribution in [0.15, 0.2) is 24.4 Å². The van der Waals surface area contributed by atoms with Crippen LogP contribution in [-0.2, 0) is 14.3 Å². The van der Waals surface area contributed by atoms with Crippen LogP contribution in [0.5, 0.6) is 0 Å². The van der Waals surface area contributed by atoms with Gasteiger partial charge in [-0.25, -0.2) is 9.78 Å². The third-order valence-corrected chi connectivity index (χ3v) is 4.51. The number of carboxylic acids is 1. The fourth-order valence-corrected chi connectivity index (χ4v) is 3.09. The van der Waals surface area contributed by atoms with Crippen molar-refractivity contribution in [2.45, 2.75) is 25.6 Å². The van der Waals surface area contributed by atoms with Crippen molar-refractivity contribution in [1.29, 1.82) is 0 Å². The number of halogens is 3. The molecular weight excluding hydrogens is 367 g/mol. The first kappa shape index (κ1) is 20.9. The van der Waals surface area contributed by atoms with Crippen LogP contribution in [0.3, 0.4) is 0 Å². The Morgan fingerprint density at radius 2 is 1.96 bits per heavy atom. The van der Waals surface area contributed by atoms with Crippen molar-refractivity contribution in [3.63, 3.8) is 0 Å². The number of aliphatic carboxylic acids is 1. The van der Waals surface area contributed by atoms with Crippen molar-refractivity contribution in [3.05, 3.63) is 24.4 Å². The van der Waals surface area contributed by atoms with Crippen LogP contribution in [0.1, 0.15) is 13.3 Å². The number of rotatable bonds is 1. The van der Waals surface area contributed by atoms with Gasteiger partial charge in [0.2, 0.25) is 5.91 Å². The van der Waals surface area contributed by atoms with Gasteiger partial charge in [0, 0.05) is 45.2 Å². The Morgan fingerprint density at radius 1 is 1.26 bits per heavy atom. The molecule has 0 bridgehead atoms. The number of amides is 1. The lowest BCUT2D eigenvalue weighted by atomic mass is 9.93. The maximum atomic E-state index is 11.6. The normalized spacial score (nSPS) is 22.8. The van der Waals surface area contributed by atoms with Crippen LogP contribution in [0.4, 0.5) is 19.0 Å². The first-order valence-corrected chi connectivity index (χ1v) is 8.51. The van der Waals surface area contributed by atoms with E-state index < -0.39 is 12.1 Å². The summed E-state index contributed by atoms with van der Waals surface area (Å²) in [5, 5.41) is 7.12. The molecule has 3 rings (SSSR count). The molecule has 2 aliphatic heterocycles. The largest absolute Gasteiger partial charge is 0.490 e. The zero-order chi connectivity index (χ0) is 20.0. The highest BCUT2D eigenvalue weighted by molar-refractivity contribution is 5.73. The number of pyridine rings is 1. The van der Waals surface area contributed by atoms with Gasteiger partial charge in [-0.3, -0.25) is 4.79 Å². The molecule has 2 atom stereocenters. The molecule has 0 aliphatic carbocycles. The van der Waals surface area contributed by atoms with Crippen LogP contribution in [0, 0.1) is 5.92 Å². The van der Waals surface area contributed by atoms with E-state index in [4.69, 9.17) is 14.6 Å². The smallest absolute Gasteiger partial charge is 0.475 e. The molecule has 0 unspecified atom stereocenters. The molecule has 2 fully saturated rings. The van der Waals surface area contributed by atoms with Crippen molar-refractivity contribution < 1.29 is 32.6 Å². The van der Waals surface area contributed by atoms with Crippen molar-refractivity contribution in [3.8, 4) is 0 Å². The summed E-state index contributed by atoms with van der Waals surface area (Å²) in [6.45, 7) is 5.67. The molecular formula is C17H22F3N3O4. The maximum Gasteiger partial charge on any atom is 0.490 e. The number of hydrogen-bond acceptors (Lipinski definition) is 5. The minimum atomic E-state index is -5.08. The summed E-state index contributed by atoms with van der Waals surface area (Å²) >= 11 is 0. The maximum absolute atomic E-state index is 11.6. The number of aromatic nitrogens is 1. The Kier molecular flexibility index (Phi) is 7.00. The van der Waals surface area contributed by atoms with E-state index in [1.807, 2.05) is 29.3 Å². The number of fused-ring (bicyclic) bond motifs is 1. The molecule has 10 heteroatoms. The average Bonchev–Trinajstić information content (AvgIpc) is 2.84. The van der Waals surface area contributed by atoms with Gasteiger partial charge in [-0.1, -0.05) is 6.07 Å². The number of anilines is 1. The molecule has 0 radical (unpaired) electrons. The number of carbonyl (C=O) groups is 2. The van der Waals surface area contributed by atoms with Gasteiger partial charge < -0.3 is 19.6 Å². The molecule has 1 amide bonds. The van der Waals surface area contributed by atoms with E-state index in [-0.39, 0.29) is 12.0 Å². The van der Waals surface area contributed by atoms with Crippen molar-refractivity contribution in [1.82, 2.24) is 9.88 Å². The lowest BCUT2D eigenvalue weighted by molar-refractivity contribution is -0.192. The summed E-state index contributed by atoms with van der Waals surface area (Å²) in [6, 6.07) is 5.99. The standard InChI is InChI=1S/C15H21N3O2.C2HF3O2/c1-12(19)17-8-9-20-14-11-18(7-5-13(14)10-17)15-4-2-3-6-16-15;3-2(4,5)1(6)7/h2-4,6,13-14H,5,7-11H2,1H3;(H,6,7)/t13-,14-;/m1./s1. The molecule has 1 N–H and O–H groups in total. The highest BCUT2D eigenvalue weighted by Crippen LogP contribution is 2.26. The summed E-state index contributed by atoms with van der Waals surface area (Å²) in [6.07, 6.45) is -2.01. The van der Waals surface area contributed by atoms with E-state index >= 15 is 0 Å². The Hall–Kier alpha value is -2.36. The predicted molar refractivity (Wildman–Crippen MR) is 90.2 cm³/mol. The van der Waals surface area contributed by atoms with Crippen LogP contribution >= 0.6 is 0 Å². The van der Waals surface area contributed by atoms with Gasteiger partial charge in [-0.2, -0.15) is 13.2 Å². The molecule has 150 valence electrons. The molecule has 2 saturated heterocycles. The van der Waals surface area contributed by atoms with E-state index in [1.54, 1.807) is 6.92 Å². The number of piperidine rings is 1. The van der Waals surface area contributed by atoms with Gasteiger partial charge in [0.1, 0.15) is 5.82 Å². The summed E-state index contributed by atoms with van der Waals surface area (Å²) in [4.78, 5) is 29.1. The minimum Gasteiger partial charge on any atom is -0.475 e. The second-order valence-corrected chi connectivity index (χ2v) is 6.36. The summed E-state index contributed by atoms with van der Waals surface area (Å²) in [5.74, 6) is -1.14. The first-order chi connectivity index (χ1) is 12.7. The molecule has 1 aromatic rings. The number of carbonyl (C=O) groups excluding carboxylic acids is 1. The third-order valence-electron chi connectivity index (χ3n) is 4.51. The first-order valence-electron chi connectivity index (χ1n) is 8.51. The van der Waals surface area contributed by atoms with Gasteiger partial charge in [0.05, 0.1) is 12.7 Å². The molecule has 27 heavy (non-hydrogen) atoms. The number of ether oxygens (including phenoxy) is 1. The zero-order valence-electron chi connectivity index (χ0n) is 14.9. The number of hydrogen-bond donors (Lipinski definition) is 1. The Labute approximate surface area is 154 Å². The van der Waals surface area contributed by atoms with Crippen LogP contribution in [-0.4, -0.2) is 71.9 Å². The number of alkyl halides is 3. The van der Waals surface area contributed by atoms with Crippen molar-refractivity contribution in [2.75, 3.05) is 37.7 Å². The highest BCUT2D eigenvalue weighted by Gasteiger charge is 2.38. The molecule has 0 spiro atoms. The van der Waals surface area contributed by atoms with E-state index in [1.165, 1.54) is 0 Å². The molecule has 0 saturated carbocycles. The van der Waals surface area contributed by atoms with E-state index in [9.17, 15) is 18.0 Å². The Bertz CT molecular complexity index is 642. The summed E-state index contributed by atoms with van der Waals surface area (Å²) in [5.41, 5.74) is 0. The highest BCUT2D eigenvalue weighted by atomic mass is 19.4. The molecule has 0 aromatic carbocycles. The number of nitrogens with zero attached hydrogens (tertiary/aromatic N) is 3. The quantitative estimate of drug-likeness (QED) is 0.789. The lowest BCUT2D eigenvalue weighted by Crippen LogP contribution is -2.47. The van der Waals surface area contributed by atoms with Gasteiger partial charge in [0.25, 0.3) is 0 Å². The third kappa shape index (κ3) is 6.09. The van der Waals surface area contributed by atoms with Gasteiger partial charge in [-0.05, 0) is 18.6 Å². The molecule has 2 aliphatic rings. The van der Waals surface area contributed by atoms with Gasteiger partial charge >= 0.3 is 12.1 Å². The fraction of sp³-hybridized carbons (Fsp3) is 0.588. The average molecular weight is 389 g/mol. The molecule has 3 heterocycles. The van der Waals surface area contributed by atoms with E-state index in [2.05, 4.69) is 9.88 Å². The second-order valence-electron chi connectivity index (χ2n) is 6.36. The molecule has 7 nitrogen and oxygen atoms in total. The van der Waals surface area contributed by atoms with Crippen LogP contribution in [0.2, 0.25) is 0 Å². The molecule has 1 aromatic heterocycles. The van der Waals surface area contributed by atoms with E-state index in [0.717, 1.165) is 31.9 Å². The summed E-state index contributed by atoms with van der Waals surface area (Å²) in [7, 11) is 0. The second kappa shape index (κ2) is 9.03. The SMILES string of the molecule is CC(=O)N1CCO[C@@H]2CN(c3ccccn3)CC[C@@H]2C1.O=C(O)C(F)(F)F. The predicted octanol–water partition coefficient (Wildman–Crippen LogP) is 1.79. The lowest BCUT2D eigenvalue weighted by Gasteiger charge is -2.38. The van der Waals surface area contributed by atoms with Crippen LogP contribution < -0.4 is 4.90 Å². The summed E-state index contributed by atoms with van der Waals surface area (Å²) < 4.78 is 37.7. The number of carboxylic acid groups (broad SMARTS) is 1. The van der Waals surface area contributed by atoms with Crippen molar-refractivity contribution in [2.24, 2.45) is 5.92 Å². The van der Waals surface area contributed by atoms with Gasteiger partial charge in [0.15, 0.2) is 0 Å². The minimum absolute atomic E-state index is 0.154. The fourth-order valence-electron chi connectivity index (χ4n) is 3.09. The van der Waals surface area contributed by atoms with Gasteiger partial charge in [-0.15, -0.1) is 0 Å². The topological polar surface area (TPSA) is 83.0 Å². The Morgan fingerprint density at radius 3 is 2.52 bits per heavy atom. The Balaban J connectivity index is 0.000000321. The van der Waals surface area contributed by atoms with Crippen molar-refractivity contribution >= 4 is 17.7 Å². The van der Waals surface area contributed by atoms with E-state index in [0.29, 0.717) is 19.1 Å². The zero-order valence-corrected chi connectivity index (χ0v) is 14.9. The monoisotopic (exact) mass is 389 g/mol.